The molecule has 0 unspecified atom stereocenters. The van der Waals surface area contributed by atoms with E-state index in [1.54, 1.807) is 4.90 Å². The van der Waals surface area contributed by atoms with Gasteiger partial charge in [-0.2, -0.15) is 0 Å². The molecule has 0 aliphatic carbocycles. The van der Waals surface area contributed by atoms with Crippen molar-refractivity contribution in [1.29, 1.82) is 0 Å². The summed E-state index contributed by atoms with van der Waals surface area (Å²) in [5, 5.41) is 2.91. The molecule has 134 valence electrons. The highest BCUT2D eigenvalue weighted by Gasteiger charge is 2.24. The van der Waals surface area contributed by atoms with E-state index >= 15 is 0 Å². The summed E-state index contributed by atoms with van der Waals surface area (Å²) in [5.41, 5.74) is 1.60. The normalized spacial score (nSPS) is 16.1. The molecular weight excluding hydrogens is 316 g/mol. The fraction of sp³-hybridized carbons (Fsp3) is 0.526. The number of hydrogen-bond donors (Lipinski definition) is 1. The number of aromatic nitrogens is 2. The number of rotatable bonds is 3. The zero-order valence-corrected chi connectivity index (χ0v) is 15.2. The van der Waals surface area contributed by atoms with Crippen molar-refractivity contribution in [3.05, 3.63) is 24.3 Å². The second-order valence-electron chi connectivity index (χ2n) is 7.60. The van der Waals surface area contributed by atoms with Crippen molar-refractivity contribution >= 4 is 28.8 Å². The molecule has 1 saturated heterocycles. The molecule has 3 rings (SSSR count). The largest absolute Gasteiger partial charge is 0.333 e. The summed E-state index contributed by atoms with van der Waals surface area (Å²) >= 11 is 0. The van der Waals surface area contributed by atoms with Crippen LogP contribution >= 0.6 is 0 Å². The van der Waals surface area contributed by atoms with Crippen molar-refractivity contribution in [1.82, 2.24) is 14.5 Å². The lowest BCUT2D eigenvalue weighted by Gasteiger charge is -2.25. The van der Waals surface area contributed by atoms with Gasteiger partial charge in [0, 0.05) is 18.5 Å². The molecule has 6 heteroatoms. The first-order valence-corrected chi connectivity index (χ1v) is 8.92. The average molecular weight is 342 g/mol. The number of benzene rings is 1. The second-order valence-corrected chi connectivity index (χ2v) is 7.60. The topological polar surface area (TPSA) is 67.2 Å². The highest BCUT2D eigenvalue weighted by molar-refractivity contribution is 5.95. The lowest BCUT2D eigenvalue weighted by molar-refractivity contribution is -0.134. The van der Waals surface area contributed by atoms with Gasteiger partial charge in [-0.15, -0.1) is 0 Å². The van der Waals surface area contributed by atoms with Crippen LogP contribution in [-0.4, -0.2) is 39.4 Å². The van der Waals surface area contributed by atoms with E-state index in [0.717, 1.165) is 30.3 Å². The number of amides is 2. The SMILES string of the molecule is CC(C)(C)n1c(NC(=O)CN2CCCCCC2=O)nc2ccccc21. The molecule has 1 aliphatic rings. The van der Waals surface area contributed by atoms with Gasteiger partial charge in [0.2, 0.25) is 17.8 Å². The van der Waals surface area contributed by atoms with Crippen LogP contribution in [0.1, 0.15) is 46.5 Å². The molecule has 1 aromatic heterocycles. The van der Waals surface area contributed by atoms with Crippen molar-refractivity contribution in [3.8, 4) is 0 Å². The van der Waals surface area contributed by atoms with Gasteiger partial charge in [0.05, 0.1) is 17.6 Å². The Morgan fingerprint density at radius 2 is 1.96 bits per heavy atom. The molecule has 0 spiro atoms. The Labute approximate surface area is 148 Å². The first-order chi connectivity index (χ1) is 11.9. The summed E-state index contributed by atoms with van der Waals surface area (Å²) in [6.45, 7) is 6.98. The summed E-state index contributed by atoms with van der Waals surface area (Å²) in [4.78, 5) is 30.9. The summed E-state index contributed by atoms with van der Waals surface area (Å²) in [6.07, 6.45) is 3.45. The van der Waals surface area contributed by atoms with Gasteiger partial charge in [-0.3, -0.25) is 14.9 Å². The molecule has 0 radical (unpaired) electrons. The number of hydrogen-bond acceptors (Lipinski definition) is 3. The number of nitrogens with one attached hydrogen (secondary N) is 1. The van der Waals surface area contributed by atoms with Crippen LogP contribution in [0, 0.1) is 0 Å². The fourth-order valence-electron chi connectivity index (χ4n) is 3.33. The Morgan fingerprint density at radius 1 is 1.20 bits per heavy atom. The molecule has 2 heterocycles. The Morgan fingerprint density at radius 3 is 2.72 bits per heavy atom. The number of nitrogens with zero attached hydrogens (tertiary/aromatic N) is 3. The lowest BCUT2D eigenvalue weighted by atomic mass is 10.1. The molecule has 1 aliphatic heterocycles. The van der Waals surface area contributed by atoms with Gasteiger partial charge in [0.25, 0.3) is 0 Å². The first-order valence-electron chi connectivity index (χ1n) is 8.92. The van der Waals surface area contributed by atoms with Gasteiger partial charge in [-0.1, -0.05) is 18.6 Å². The molecule has 6 nitrogen and oxygen atoms in total. The summed E-state index contributed by atoms with van der Waals surface area (Å²) in [7, 11) is 0. The van der Waals surface area contributed by atoms with Gasteiger partial charge < -0.3 is 9.47 Å². The Balaban J connectivity index is 1.82. The highest BCUT2D eigenvalue weighted by Crippen LogP contribution is 2.27. The van der Waals surface area contributed by atoms with E-state index in [-0.39, 0.29) is 23.9 Å². The smallest absolute Gasteiger partial charge is 0.246 e. The quantitative estimate of drug-likeness (QED) is 0.932. The molecule has 0 bridgehead atoms. The average Bonchev–Trinajstić information content (AvgIpc) is 2.79. The van der Waals surface area contributed by atoms with Crippen LogP contribution in [0.5, 0.6) is 0 Å². The first kappa shape index (κ1) is 17.5. The van der Waals surface area contributed by atoms with E-state index in [0.29, 0.717) is 18.9 Å². The van der Waals surface area contributed by atoms with E-state index < -0.39 is 0 Å². The van der Waals surface area contributed by atoms with Crippen LogP contribution in [0.3, 0.4) is 0 Å². The van der Waals surface area contributed by atoms with Crippen LogP contribution in [0.15, 0.2) is 24.3 Å². The minimum absolute atomic E-state index is 0.0666. The standard InChI is InChI=1S/C19H26N4O2/c1-19(2,3)23-15-10-7-6-9-14(15)20-18(23)21-16(24)13-22-12-8-4-5-11-17(22)25/h6-7,9-10H,4-5,8,11-13H2,1-3H3,(H,20,21,24). The summed E-state index contributed by atoms with van der Waals surface area (Å²) in [6, 6.07) is 7.84. The van der Waals surface area contributed by atoms with E-state index in [4.69, 9.17) is 0 Å². The zero-order chi connectivity index (χ0) is 18.0. The third kappa shape index (κ3) is 3.83. The van der Waals surface area contributed by atoms with Crippen molar-refractivity contribution in [2.75, 3.05) is 18.4 Å². The minimum atomic E-state index is -0.225. The number of imidazole rings is 1. The maximum atomic E-state index is 12.5. The number of carbonyl (C=O) groups excluding carboxylic acids is 2. The maximum Gasteiger partial charge on any atom is 0.246 e. The number of anilines is 1. The van der Waals surface area contributed by atoms with Gasteiger partial charge in [0.1, 0.15) is 0 Å². The van der Waals surface area contributed by atoms with E-state index in [1.807, 2.05) is 28.8 Å². The predicted octanol–water partition coefficient (Wildman–Crippen LogP) is 3.13. The van der Waals surface area contributed by atoms with Crippen molar-refractivity contribution in [2.45, 2.75) is 52.0 Å². The molecule has 1 N–H and O–H groups in total. The van der Waals surface area contributed by atoms with Crippen LogP contribution in [0.4, 0.5) is 5.95 Å². The van der Waals surface area contributed by atoms with Crippen LogP contribution in [0.25, 0.3) is 11.0 Å². The van der Waals surface area contributed by atoms with Crippen molar-refractivity contribution in [2.24, 2.45) is 0 Å². The third-order valence-electron chi connectivity index (χ3n) is 4.49. The number of fused-ring (bicyclic) bond motifs is 1. The van der Waals surface area contributed by atoms with Crippen LogP contribution in [-0.2, 0) is 15.1 Å². The van der Waals surface area contributed by atoms with Crippen LogP contribution < -0.4 is 5.32 Å². The van der Waals surface area contributed by atoms with E-state index in [9.17, 15) is 9.59 Å². The fourth-order valence-corrected chi connectivity index (χ4v) is 3.33. The van der Waals surface area contributed by atoms with Gasteiger partial charge >= 0.3 is 0 Å². The molecule has 0 atom stereocenters. The molecule has 2 amide bonds. The van der Waals surface area contributed by atoms with Gasteiger partial charge in [0.15, 0.2) is 0 Å². The summed E-state index contributed by atoms with van der Waals surface area (Å²) in [5.74, 6) is 0.397. The Hall–Kier alpha value is -2.37. The molecule has 25 heavy (non-hydrogen) atoms. The third-order valence-corrected chi connectivity index (χ3v) is 4.49. The molecule has 1 fully saturated rings. The minimum Gasteiger partial charge on any atom is -0.333 e. The maximum absolute atomic E-state index is 12.5. The second kappa shape index (κ2) is 6.86. The predicted molar refractivity (Wildman–Crippen MR) is 98.4 cm³/mol. The number of carbonyl (C=O) groups is 2. The van der Waals surface area contributed by atoms with E-state index in [2.05, 4.69) is 31.1 Å². The zero-order valence-electron chi connectivity index (χ0n) is 15.2. The molecule has 2 aromatic rings. The molecule has 1 aromatic carbocycles. The number of likely N-dealkylation sites (tertiary alicyclic amines) is 1. The molecule has 0 saturated carbocycles. The van der Waals surface area contributed by atoms with Crippen LogP contribution in [0.2, 0.25) is 0 Å². The monoisotopic (exact) mass is 342 g/mol. The molecular formula is C19H26N4O2. The van der Waals surface area contributed by atoms with Gasteiger partial charge in [-0.25, -0.2) is 4.98 Å². The summed E-state index contributed by atoms with van der Waals surface area (Å²) < 4.78 is 2.03. The van der Waals surface area contributed by atoms with Gasteiger partial charge in [-0.05, 0) is 45.7 Å². The Bertz CT molecular complexity index is 788. The highest BCUT2D eigenvalue weighted by atomic mass is 16.2. The van der Waals surface area contributed by atoms with E-state index in [1.165, 1.54) is 0 Å². The van der Waals surface area contributed by atoms with Crippen molar-refractivity contribution < 1.29 is 9.59 Å². The number of para-hydroxylation sites is 2. The van der Waals surface area contributed by atoms with Crippen molar-refractivity contribution in [3.63, 3.8) is 0 Å². The lowest BCUT2D eigenvalue weighted by Crippen LogP contribution is -2.38. The Kier molecular flexibility index (Phi) is 4.79.